The Morgan fingerprint density at radius 2 is 1.62 bits per heavy atom. The van der Waals surface area contributed by atoms with Crippen molar-refractivity contribution in [1.29, 1.82) is 0 Å². The number of imide groups is 1. The standard InChI is InChI=1S/C30H29N3O4/c1-2-18-10-13-23-22(16-18)30(29(37)31-23)26-25(24(32-30)17-20-8-11-21(34)12-9-20)27(35)33(28(26)36)15-14-19-6-4-3-5-7-19/h3-13,16,24-26,32,34H,2,14-15,17H2,1H3,(H,31,37)/t24-,25+,26-,30-/m0/s1. The third kappa shape index (κ3) is 3.64. The first-order valence-electron chi connectivity index (χ1n) is 12.8. The predicted molar refractivity (Wildman–Crippen MR) is 139 cm³/mol. The average Bonchev–Trinajstić information content (AvgIpc) is 3.48. The largest absolute Gasteiger partial charge is 0.508 e. The van der Waals surface area contributed by atoms with Gasteiger partial charge in [-0.05, 0) is 54.2 Å². The highest BCUT2D eigenvalue weighted by molar-refractivity contribution is 6.15. The lowest BCUT2D eigenvalue weighted by atomic mass is 9.76. The second kappa shape index (κ2) is 8.85. The number of likely N-dealkylation sites (tertiary alicyclic amines) is 1. The Balaban J connectivity index is 1.41. The summed E-state index contributed by atoms with van der Waals surface area (Å²) in [5.41, 5.74) is 3.14. The van der Waals surface area contributed by atoms with Crippen LogP contribution in [0.15, 0.2) is 72.8 Å². The number of benzene rings is 3. The SMILES string of the molecule is CCc1ccc2c(c1)[C@@]1(N[C@@H](Cc3ccc(O)cc3)[C@H]3C(=O)N(CCc4ccccc4)C(=O)[C@H]31)C(=O)N2. The van der Waals surface area contributed by atoms with Crippen LogP contribution < -0.4 is 10.6 Å². The summed E-state index contributed by atoms with van der Waals surface area (Å²) in [5.74, 6) is -2.15. The monoisotopic (exact) mass is 495 g/mol. The van der Waals surface area contributed by atoms with Gasteiger partial charge in [0.25, 0.3) is 0 Å². The van der Waals surface area contributed by atoms with Crippen LogP contribution in [0.3, 0.4) is 0 Å². The van der Waals surface area contributed by atoms with Gasteiger partial charge in [0.1, 0.15) is 11.3 Å². The molecule has 3 aliphatic heterocycles. The number of phenols is 1. The van der Waals surface area contributed by atoms with E-state index >= 15 is 0 Å². The summed E-state index contributed by atoms with van der Waals surface area (Å²) >= 11 is 0. The van der Waals surface area contributed by atoms with E-state index in [1.807, 2.05) is 67.6 Å². The summed E-state index contributed by atoms with van der Waals surface area (Å²) in [4.78, 5) is 42.9. The Labute approximate surface area is 215 Å². The molecule has 7 heteroatoms. The quantitative estimate of drug-likeness (QED) is 0.457. The number of hydrogen-bond acceptors (Lipinski definition) is 5. The molecule has 6 rings (SSSR count). The van der Waals surface area contributed by atoms with Crippen molar-refractivity contribution in [2.45, 2.75) is 37.8 Å². The van der Waals surface area contributed by atoms with Crippen LogP contribution in [0, 0.1) is 11.8 Å². The lowest BCUT2D eigenvalue weighted by Crippen LogP contribution is -2.53. The molecule has 3 aromatic rings. The first-order chi connectivity index (χ1) is 17.9. The Morgan fingerprint density at radius 3 is 2.35 bits per heavy atom. The number of nitrogens with zero attached hydrogens (tertiary/aromatic N) is 1. The van der Waals surface area contributed by atoms with Gasteiger partial charge in [-0.15, -0.1) is 0 Å². The van der Waals surface area contributed by atoms with Crippen LogP contribution in [-0.2, 0) is 39.2 Å². The van der Waals surface area contributed by atoms with Crippen molar-refractivity contribution in [2.24, 2.45) is 11.8 Å². The van der Waals surface area contributed by atoms with Gasteiger partial charge < -0.3 is 10.4 Å². The van der Waals surface area contributed by atoms with E-state index in [1.165, 1.54) is 4.90 Å². The van der Waals surface area contributed by atoms with Crippen LogP contribution in [0.1, 0.15) is 29.2 Å². The van der Waals surface area contributed by atoms with Crippen LogP contribution in [0.5, 0.6) is 5.75 Å². The van der Waals surface area contributed by atoms with Crippen LogP contribution in [-0.4, -0.2) is 40.3 Å². The Kier molecular flexibility index (Phi) is 5.60. The molecule has 0 radical (unpaired) electrons. The zero-order chi connectivity index (χ0) is 25.7. The highest BCUT2D eigenvalue weighted by Crippen LogP contribution is 2.53. The van der Waals surface area contributed by atoms with Crippen molar-refractivity contribution < 1.29 is 19.5 Å². The maximum absolute atomic E-state index is 14.0. The van der Waals surface area contributed by atoms with E-state index in [1.54, 1.807) is 12.1 Å². The molecular weight excluding hydrogens is 466 g/mol. The minimum atomic E-state index is -1.30. The summed E-state index contributed by atoms with van der Waals surface area (Å²) < 4.78 is 0. The Bertz CT molecular complexity index is 1390. The fourth-order valence-electron chi connectivity index (χ4n) is 6.30. The van der Waals surface area contributed by atoms with Crippen molar-refractivity contribution in [1.82, 2.24) is 10.2 Å². The van der Waals surface area contributed by atoms with E-state index in [0.29, 0.717) is 18.5 Å². The summed E-state index contributed by atoms with van der Waals surface area (Å²) in [7, 11) is 0. The highest BCUT2D eigenvalue weighted by atomic mass is 16.3. The fourth-order valence-corrected chi connectivity index (χ4v) is 6.30. The highest BCUT2D eigenvalue weighted by Gasteiger charge is 2.70. The van der Waals surface area contributed by atoms with E-state index in [2.05, 4.69) is 10.6 Å². The number of carbonyl (C=O) groups excluding carboxylic acids is 3. The molecule has 188 valence electrons. The van der Waals surface area contributed by atoms with Crippen molar-refractivity contribution >= 4 is 23.4 Å². The topological polar surface area (TPSA) is 98.7 Å². The van der Waals surface area contributed by atoms with E-state index in [4.69, 9.17) is 0 Å². The number of aryl methyl sites for hydroxylation is 1. The van der Waals surface area contributed by atoms with Crippen molar-refractivity contribution in [3.8, 4) is 5.75 Å². The molecule has 3 aliphatic rings. The molecular formula is C30H29N3O4. The van der Waals surface area contributed by atoms with E-state index in [9.17, 15) is 19.5 Å². The zero-order valence-corrected chi connectivity index (χ0v) is 20.6. The van der Waals surface area contributed by atoms with Crippen LogP contribution in [0.25, 0.3) is 0 Å². The Morgan fingerprint density at radius 1 is 0.892 bits per heavy atom. The number of amides is 3. The van der Waals surface area contributed by atoms with E-state index in [-0.39, 0.29) is 30.0 Å². The second-order valence-corrected chi connectivity index (χ2v) is 10.2. The predicted octanol–water partition coefficient (Wildman–Crippen LogP) is 3.16. The molecule has 4 atom stereocenters. The smallest absolute Gasteiger partial charge is 0.250 e. The molecule has 2 saturated heterocycles. The summed E-state index contributed by atoms with van der Waals surface area (Å²) in [6.45, 7) is 2.33. The Hall–Kier alpha value is -3.97. The molecule has 0 unspecified atom stereocenters. The van der Waals surface area contributed by atoms with Crippen molar-refractivity contribution in [3.63, 3.8) is 0 Å². The van der Waals surface area contributed by atoms with Gasteiger partial charge in [-0.2, -0.15) is 0 Å². The summed E-state index contributed by atoms with van der Waals surface area (Å²) in [6.07, 6.45) is 1.80. The van der Waals surface area contributed by atoms with E-state index < -0.39 is 23.4 Å². The minimum Gasteiger partial charge on any atom is -0.508 e. The van der Waals surface area contributed by atoms with Gasteiger partial charge in [-0.1, -0.05) is 61.5 Å². The normalized spacial score (nSPS) is 26.0. The number of nitrogens with one attached hydrogen (secondary N) is 2. The van der Waals surface area contributed by atoms with Gasteiger partial charge in [-0.3, -0.25) is 24.6 Å². The molecule has 2 fully saturated rings. The molecule has 3 heterocycles. The van der Waals surface area contributed by atoms with Gasteiger partial charge >= 0.3 is 0 Å². The molecule has 0 saturated carbocycles. The van der Waals surface area contributed by atoms with Gasteiger partial charge in [0.05, 0.1) is 11.8 Å². The van der Waals surface area contributed by atoms with E-state index in [0.717, 1.165) is 28.7 Å². The maximum atomic E-state index is 14.0. The summed E-state index contributed by atoms with van der Waals surface area (Å²) in [5, 5.41) is 16.2. The minimum absolute atomic E-state index is 0.160. The molecule has 0 aromatic heterocycles. The lowest BCUT2D eigenvalue weighted by Gasteiger charge is -2.30. The van der Waals surface area contributed by atoms with Crippen LogP contribution in [0.2, 0.25) is 0 Å². The van der Waals surface area contributed by atoms with Gasteiger partial charge in [0.15, 0.2) is 0 Å². The number of rotatable bonds is 6. The maximum Gasteiger partial charge on any atom is 0.250 e. The zero-order valence-electron chi connectivity index (χ0n) is 20.6. The van der Waals surface area contributed by atoms with Gasteiger partial charge in [-0.25, -0.2) is 0 Å². The first kappa shape index (κ1) is 23.4. The molecule has 3 amide bonds. The molecule has 3 N–H and O–H groups in total. The molecule has 3 aromatic carbocycles. The second-order valence-electron chi connectivity index (χ2n) is 10.2. The summed E-state index contributed by atoms with van der Waals surface area (Å²) in [6, 6.07) is 22.0. The first-order valence-corrected chi connectivity index (χ1v) is 12.8. The van der Waals surface area contributed by atoms with Gasteiger partial charge in [0, 0.05) is 23.8 Å². The number of fused-ring (bicyclic) bond motifs is 4. The molecule has 1 spiro atoms. The number of anilines is 1. The number of carbonyl (C=O) groups is 3. The molecule has 0 bridgehead atoms. The third-order valence-corrected chi connectivity index (χ3v) is 8.14. The number of aromatic hydroxyl groups is 1. The third-order valence-electron chi connectivity index (χ3n) is 8.14. The van der Waals surface area contributed by atoms with Crippen LogP contribution in [0.4, 0.5) is 5.69 Å². The van der Waals surface area contributed by atoms with Crippen molar-refractivity contribution in [2.75, 3.05) is 11.9 Å². The lowest BCUT2D eigenvalue weighted by molar-refractivity contribution is -0.142. The molecule has 37 heavy (non-hydrogen) atoms. The average molecular weight is 496 g/mol. The fraction of sp³-hybridized carbons (Fsp3) is 0.300. The van der Waals surface area contributed by atoms with Crippen molar-refractivity contribution in [3.05, 3.63) is 95.1 Å². The number of hydrogen-bond donors (Lipinski definition) is 3. The molecule has 0 aliphatic carbocycles. The molecule has 7 nitrogen and oxygen atoms in total. The number of phenolic OH excluding ortho intramolecular Hbond substituents is 1. The van der Waals surface area contributed by atoms with Crippen LogP contribution >= 0.6 is 0 Å². The van der Waals surface area contributed by atoms with Gasteiger partial charge in [0.2, 0.25) is 17.7 Å².